The van der Waals surface area contributed by atoms with E-state index in [9.17, 15) is 9.59 Å². The minimum Gasteiger partial charge on any atom is -0.481 e. The first-order chi connectivity index (χ1) is 5.46. The Morgan fingerprint density at radius 2 is 1.17 bits per heavy atom. The third-order valence-electron chi connectivity index (χ3n) is 2.92. The molecule has 4 atom stereocenters. The van der Waals surface area contributed by atoms with Crippen molar-refractivity contribution in [2.24, 2.45) is 23.7 Å². The largest absolute Gasteiger partial charge is 0.481 e. The molecule has 1 rings (SSSR count). The molecule has 0 amide bonds. The van der Waals surface area contributed by atoms with Crippen molar-refractivity contribution >= 4 is 11.9 Å². The minimum atomic E-state index is -0.993. The highest BCUT2D eigenvalue weighted by Crippen LogP contribution is 2.45. The maximum atomic E-state index is 10.6. The summed E-state index contributed by atoms with van der Waals surface area (Å²) in [7, 11) is 0. The van der Waals surface area contributed by atoms with Crippen LogP contribution in [0.3, 0.4) is 0 Å². The van der Waals surface area contributed by atoms with Crippen molar-refractivity contribution in [3.05, 3.63) is 0 Å². The molecule has 0 bridgehead atoms. The van der Waals surface area contributed by atoms with Crippen LogP contribution in [-0.4, -0.2) is 22.2 Å². The molecule has 4 heteroatoms. The van der Waals surface area contributed by atoms with Crippen LogP contribution < -0.4 is 0 Å². The molecule has 1 aliphatic carbocycles. The smallest absolute Gasteiger partial charge is 0.307 e. The molecule has 12 heavy (non-hydrogen) atoms. The Hall–Kier alpha value is -1.06. The second-order valence-electron chi connectivity index (χ2n) is 3.45. The topological polar surface area (TPSA) is 74.6 Å². The van der Waals surface area contributed by atoms with Crippen LogP contribution in [0.15, 0.2) is 0 Å². The van der Waals surface area contributed by atoms with Gasteiger partial charge in [0.05, 0.1) is 11.8 Å². The zero-order valence-electron chi connectivity index (χ0n) is 7.02. The first-order valence-electron chi connectivity index (χ1n) is 3.92. The second-order valence-corrected chi connectivity index (χ2v) is 3.45. The van der Waals surface area contributed by atoms with Crippen LogP contribution in [0.25, 0.3) is 0 Å². The van der Waals surface area contributed by atoms with Crippen LogP contribution in [-0.2, 0) is 9.59 Å². The summed E-state index contributed by atoms with van der Waals surface area (Å²) >= 11 is 0. The summed E-state index contributed by atoms with van der Waals surface area (Å²) in [6.45, 7) is 3.56. The molecular formula is C8H12O4. The Balaban J connectivity index is 2.75. The summed E-state index contributed by atoms with van der Waals surface area (Å²) in [6.07, 6.45) is 0. The molecule has 0 heterocycles. The van der Waals surface area contributed by atoms with Crippen molar-refractivity contribution in [2.75, 3.05) is 0 Å². The van der Waals surface area contributed by atoms with E-state index in [-0.39, 0.29) is 11.8 Å². The molecule has 4 unspecified atom stereocenters. The van der Waals surface area contributed by atoms with Gasteiger partial charge in [0.2, 0.25) is 0 Å². The predicted molar refractivity (Wildman–Crippen MR) is 40.6 cm³/mol. The van der Waals surface area contributed by atoms with Crippen molar-refractivity contribution in [3.63, 3.8) is 0 Å². The number of aliphatic carboxylic acids is 2. The molecule has 0 spiro atoms. The Morgan fingerprint density at radius 1 is 0.917 bits per heavy atom. The number of rotatable bonds is 2. The highest BCUT2D eigenvalue weighted by Gasteiger charge is 2.53. The van der Waals surface area contributed by atoms with Gasteiger partial charge < -0.3 is 10.2 Å². The van der Waals surface area contributed by atoms with Gasteiger partial charge in [0.1, 0.15) is 0 Å². The van der Waals surface area contributed by atoms with E-state index in [1.807, 2.05) is 0 Å². The molecule has 0 saturated heterocycles. The quantitative estimate of drug-likeness (QED) is 0.642. The number of hydrogen-bond donors (Lipinski definition) is 2. The van der Waals surface area contributed by atoms with Gasteiger partial charge >= 0.3 is 11.9 Å². The van der Waals surface area contributed by atoms with Crippen molar-refractivity contribution in [1.29, 1.82) is 0 Å². The summed E-state index contributed by atoms with van der Waals surface area (Å²) < 4.78 is 0. The van der Waals surface area contributed by atoms with E-state index in [4.69, 9.17) is 10.2 Å². The van der Waals surface area contributed by atoms with Crippen molar-refractivity contribution in [1.82, 2.24) is 0 Å². The van der Waals surface area contributed by atoms with Crippen molar-refractivity contribution in [3.8, 4) is 0 Å². The molecule has 4 nitrogen and oxygen atoms in total. The molecule has 0 aromatic rings. The Morgan fingerprint density at radius 3 is 1.33 bits per heavy atom. The zero-order valence-corrected chi connectivity index (χ0v) is 7.02. The minimum absolute atomic E-state index is 0.0244. The highest BCUT2D eigenvalue weighted by atomic mass is 16.4. The van der Waals surface area contributed by atoms with Crippen LogP contribution in [0.4, 0.5) is 0 Å². The first-order valence-corrected chi connectivity index (χ1v) is 3.92. The molecule has 2 N–H and O–H groups in total. The Kier molecular flexibility index (Phi) is 2.08. The van der Waals surface area contributed by atoms with Gasteiger partial charge in [-0.15, -0.1) is 0 Å². The Labute approximate surface area is 70.2 Å². The van der Waals surface area contributed by atoms with E-state index in [1.54, 1.807) is 13.8 Å². The van der Waals surface area contributed by atoms with E-state index in [0.717, 1.165) is 0 Å². The summed E-state index contributed by atoms with van der Waals surface area (Å²) in [5.41, 5.74) is 0. The van der Waals surface area contributed by atoms with E-state index in [1.165, 1.54) is 0 Å². The maximum Gasteiger partial charge on any atom is 0.307 e. The predicted octanol–water partition coefficient (Wildman–Crippen LogP) is 0.674. The van der Waals surface area contributed by atoms with E-state index in [0.29, 0.717) is 0 Å². The summed E-state index contributed by atoms with van der Waals surface area (Å²) in [5, 5.41) is 17.4. The fourth-order valence-electron chi connectivity index (χ4n) is 1.92. The maximum absolute atomic E-state index is 10.6. The molecule has 1 saturated carbocycles. The fraction of sp³-hybridized carbons (Fsp3) is 0.750. The lowest BCUT2D eigenvalue weighted by Gasteiger charge is -2.44. The molecule has 0 aromatic carbocycles. The van der Waals surface area contributed by atoms with Crippen LogP contribution in [0.1, 0.15) is 13.8 Å². The average Bonchev–Trinajstić information content (AvgIpc) is 1.96. The lowest BCUT2D eigenvalue weighted by atomic mass is 9.58. The standard InChI is InChI=1S/C8H12O4/c1-3-4(2)6(8(11)12)5(3)7(9)10/h3-6H,1-2H3,(H,9,10)(H,11,12). The first kappa shape index (κ1) is 9.03. The summed E-state index contributed by atoms with van der Waals surface area (Å²) in [6, 6.07) is 0. The van der Waals surface area contributed by atoms with Gasteiger partial charge in [-0.25, -0.2) is 0 Å². The molecule has 68 valence electrons. The SMILES string of the molecule is CC1C(C)C(C(=O)O)C1C(=O)O. The number of carboxylic acids is 2. The third-order valence-corrected chi connectivity index (χ3v) is 2.92. The molecule has 0 aliphatic heterocycles. The molecule has 1 aliphatic rings. The lowest BCUT2D eigenvalue weighted by molar-refractivity contribution is -0.172. The molecular weight excluding hydrogens is 160 g/mol. The number of carboxylic acid groups (broad SMARTS) is 2. The van der Waals surface area contributed by atoms with Crippen molar-refractivity contribution < 1.29 is 19.8 Å². The fourth-order valence-corrected chi connectivity index (χ4v) is 1.92. The van der Waals surface area contributed by atoms with Gasteiger partial charge in [-0.05, 0) is 11.8 Å². The highest BCUT2D eigenvalue weighted by molar-refractivity contribution is 5.82. The molecule has 0 radical (unpaired) electrons. The number of carbonyl (C=O) groups is 2. The van der Waals surface area contributed by atoms with Gasteiger partial charge in [0, 0.05) is 0 Å². The third kappa shape index (κ3) is 1.07. The van der Waals surface area contributed by atoms with Crippen LogP contribution in [0.5, 0.6) is 0 Å². The van der Waals surface area contributed by atoms with Gasteiger partial charge in [0.15, 0.2) is 0 Å². The van der Waals surface area contributed by atoms with E-state index >= 15 is 0 Å². The number of hydrogen-bond acceptors (Lipinski definition) is 2. The van der Waals surface area contributed by atoms with Crippen molar-refractivity contribution in [2.45, 2.75) is 13.8 Å². The molecule has 0 aromatic heterocycles. The summed E-state index contributed by atoms with van der Waals surface area (Å²) in [5.74, 6) is -3.43. The van der Waals surface area contributed by atoms with Gasteiger partial charge in [-0.3, -0.25) is 9.59 Å². The summed E-state index contributed by atoms with van der Waals surface area (Å²) in [4.78, 5) is 21.2. The van der Waals surface area contributed by atoms with Crippen LogP contribution >= 0.6 is 0 Å². The second kappa shape index (κ2) is 2.77. The van der Waals surface area contributed by atoms with E-state index < -0.39 is 23.8 Å². The Bertz CT molecular complexity index is 199. The van der Waals surface area contributed by atoms with Gasteiger partial charge in [-0.1, -0.05) is 13.8 Å². The van der Waals surface area contributed by atoms with Gasteiger partial charge in [-0.2, -0.15) is 0 Å². The lowest BCUT2D eigenvalue weighted by Crippen LogP contribution is -2.51. The molecule has 1 fully saturated rings. The monoisotopic (exact) mass is 172 g/mol. The average molecular weight is 172 g/mol. The van der Waals surface area contributed by atoms with E-state index in [2.05, 4.69) is 0 Å². The van der Waals surface area contributed by atoms with Crippen LogP contribution in [0.2, 0.25) is 0 Å². The zero-order chi connectivity index (χ0) is 9.46. The normalized spacial score (nSPS) is 40.2. The van der Waals surface area contributed by atoms with Crippen LogP contribution in [0, 0.1) is 23.7 Å². The van der Waals surface area contributed by atoms with Gasteiger partial charge in [0.25, 0.3) is 0 Å².